The summed E-state index contributed by atoms with van der Waals surface area (Å²) in [7, 11) is -1.78. The van der Waals surface area contributed by atoms with E-state index in [0.29, 0.717) is 10.6 Å². The van der Waals surface area contributed by atoms with E-state index in [2.05, 4.69) is 0 Å². The first kappa shape index (κ1) is 20.2. The molecule has 25 heavy (non-hydrogen) atoms. The van der Waals surface area contributed by atoms with Gasteiger partial charge in [-0.15, -0.1) is 0 Å². The molecule has 0 atom stereocenters. The maximum absolute atomic E-state index is 11.7. The van der Waals surface area contributed by atoms with Crippen molar-refractivity contribution in [2.45, 2.75) is 6.29 Å². The van der Waals surface area contributed by atoms with Gasteiger partial charge in [-0.05, 0) is 0 Å². The van der Waals surface area contributed by atoms with Crippen LogP contribution in [0.5, 0.6) is 0 Å². The topological polar surface area (TPSA) is 96.9 Å². The average Bonchev–Trinajstić information content (AvgIpc) is 2.60. The van der Waals surface area contributed by atoms with Gasteiger partial charge in [-0.1, -0.05) is 0 Å². The standard InChI is InChI=1S/C17H22ClO6P/c1-22-17(23-2)14-25(3,24-18(19,20)21,15-10-6-4-7-11-15)16-12-8-5-9-13-16/h4-13,17H,14H2,1-3H3. The van der Waals surface area contributed by atoms with E-state index >= 15 is 0 Å². The van der Waals surface area contributed by atoms with E-state index < -0.39 is 23.4 Å². The van der Waals surface area contributed by atoms with Crippen LogP contribution in [0.2, 0.25) is 0 Å². The molecular formula is C17H22ClO6P. The van der Waals surface area contributed by atoms with Crippen LogP contribution in [-0.2, 0) is 13.5 Å². The molecule has 0 spiro atoms. The van der Waals surface area contributed by atoms with Crippen molar-refractivity contribution in [3.05, 3.63) is 60.7 Å². The van der Waals surface area contributed by atoms with Crippen LogP contribution in [0.15, 0.2) is 60.7 Å². The molecule has 0 aliphatic carbocycles. The minimum absolute atomic E-state index is 0.0705. The van der Waals surface area contributed by atoms with Crippen molar-refractivity contribution in [3.63, 3.8) is 0 Å². The molecule has 0 radical (unpaired) electrons. The van der Waals surface area contributed by atoms with E-state index in [9.17, 15) is 14.0 Å². The third-order valence-electron chi connectivity index (χ3n) is 4.25. The summed E-state index contributed by atoms with van der Waals surface area (Å²) in [6, 6.07) is 17.7. The zero-order valence-electron chi connectivity index (χ0n) is 14.3. The molecule has 0 N–H and O–H groups in total. The Balaban J connectivity index is 2.78. The van der Waals surface area contributed by atoms with E-state index in [-0.39, 0.29) is 6.16 Å². The Morgan fingerprint density at radius 3 is 1.56 bits per heavy atom. The Morgan fingerprint density at radius 2 is 1.24 bits per heavy atom. The second-order valence-electron chi connectivity index (χ2n) is 5.89. The number of methoxy groups -OCH3 is 2. The Bertz CT molecular complexity index is 633. The van der Waals surface area contributed by atoms with E-state index in [1.807, 2.05) is 12.1 Å². The van der Waals surface area contributed by atoms with Crippen LogP contribution in [-0.4, -0.2) is 33.3 Å². The van der Waals surface area contributed by atoms with Gasteiger partial charge in [0.05, 0.1) is 0 Å². The molecule has 6 nitrogen and oxygen atoms in total. The van der Waals surface area contributed by atoms with Gasteiger partial charge in [0.1, 0.15) is 0 Å². The molecule has 0 saturated carbocycles. The summed E-state index contributed by atoms with van der Waals surface area (Å²) in [5, 5.41) is 1.23. The fourth-order valence-electron chi connectivity index (χ4n) is 2.94. The van der Waals surface area contributed by atoms with Gasteiger partial charge in [-0.3, -0.25) is 0 Å². The predicted molar refractivity (Wildman–Crippen MR) is 88.8 cm³/mol. The van der Waals surface area contributed by atoms with Gasteiger partial charge in [0.15, 0.2) is 0 Å². The van der Waals surface area contributed by atoms with Gasteiger partial charge in [0, 0.05) is 0 Å². The molecular weight excluding hydrogens is 367 g/mol. The molecule has 8 heteroatoms. The van der Waals surface area contributed by atoms with E-state index in [0.717, 1.165) is 0 Å². The van der Waals surface area contributed by atoms with E-state index in [4.69, 9.17) is 13.5 Å². The molecule has 0 unspecified atom stereocenters. The van der Waals surface area contributed by atoms with Crippen LogP contribution >= 0.6 is 6.83 Å². The summed E-state index contributed by atoms with van der Waals surface area (Å²) in [6.07, 6.45) is -0.679. The summed E-state index contributed by atoms with van der Waals surface area (Å²) < 4.78 is 51.1. The molecule has 2 aromatic carbocycles. The number of ether oxygens (including phenoxy) is 2. The summed E-state index contributed by atoms with van der Waals surface area (Å²) >= 11 is 0. The molecule has 0 aliphatic rings. The first-order chi connectivity index (χ1) is 11.7. The van der Waals surface area contributed by atoms with Crippen LogP contribution in [0.1, 0.15) is 0 Å². The van der Waals surface area contributed by atoms with Crippen LogP contribution < -0.4 is 24.6 Å². The second-order valence-corrected chi connectivity index (χ2v) is 12.0. The van der Waals surface area contributed by atoms with Gasteiger partial charge in [0.2, 0.25) is 0 Å². The minimum atomic E-state index is -4.69. The average molecular weight is 389 g/mol. The van der Waals surface area contributed by atoms with Crippen molar-refractivity contribution in [2.75, 3.05) is 27.0 Å². The van der Waals surface area contributed by atoms with Gasteiger partial charge in [-0.2, -0.15) is 0 Å². The third kappa shape index (κ3) is 4.37. The van der Waals surface area contributed by atoms with Crippen molar-refractivity contribution in [1.82, 2.24) is 0 Å². The van der Waals surface area contributed by atoms with E-state index in [1.165, 1.54) is 14.2 Å². The molecule has 138 valence electrons. The van der Waals surface area contributed by atoms with Crippen molar-refractivity contribution in [1.29, 1.82) is 0 Å². The van der Waals surface area contributed by atoms with Crippen LogP contribution in [0.3, 0.4) is 0 Å². The summed E-state index contributed by atoms with van der Waals surface area (Å²) in [4.78, 5) is 0. The van der Waals surface area contributed by atoms with Crippen LogP contribution in [0, 0.1) is 10.2 Å². The molecule has 0 aromatic heterocycles. The first-order valence-electron chi connectivity index (χ1n) is 7.53. The van der Waals surface area contributed by atoms with Gasteiger partial charge in [0.25, 0.3) is 0 Å². The zero-order chi connectivity index (χ0) is 18.6. The number of hydrogen-bond acceptors (Lipinski definition) is 6. The molecule has 2 rings (SSSR count). The van der Waals surface area contributed by atoms with Gasteiger partial charge in [-0.25, -0.2) is 0 Å². The molecule has 2 aromatic rings. The number of hydrogen-bond donors (Lipinski definition) is 0. The summed E-state index contributed by atoms with van der Waals surface area (Å²) in [5.41, 5.74) is 0. The Kier molecular flexibility index (Phi) is 6.20. The second kappa shape index (κ2) is 7.66. The van der Waals surface area contributed by atoms with Crippen molar-refractivity contribution in [2.24, 2.45) is 0 Å². The SMILES string of the molecule is COC(CP(C)(O[Cl+3]([O-])([O-])[O-])(c1ccccc1)c1ccccc1)OC. The summed E-state index contributed by atoms with van der Waals surface area (Å²) in [5.74, 6) is 0. The normalized spacial score (nSPS) is 14.3. The Morgan fingerprint density at radius 1 is 0.840 bits per heavy atom. The fourth-order valence-corrected chi connectivity index (χ4v) is 9.27. The number of benzene rings is 2. The molecule has 0 saturated heterocycles. The Hall–Kier alpha value is -1.08. The molecule has 0 fully saturated rings. The van der Waals surface area contributed by atoms with Crippen molar-refractivity contribution in [3.8, 4) is 0 Å². The van der Waals surface area contributed by atoms with Crippen LogP contribution in [0.25, 0.3) is 0 Å². The van der Waals surface area contributed by atoms with E-state index in [1.54, 1.807) is 55.2 Å². The van der Waals surface area contributed by atoms with Crippen molar-refractivity contribution < 1.29 is 37.8 Å². The quantitative estimate of drug-likeness (QED) is 0.437. The fraction of sp³-hybridized carbons (Fsp3) is 0.294. The number of halogens is 1. The molecule has 0 heterocycles. The first-order valence-corrected chi connectivity index (χ1v) is 11.5. The molecule has 0 aliphatic heterocycles. The predicted octanol–water partition coefficient (Wildman–Crippen LogP) is -0.732. The Labute approximate surface area is 149 Å². The third-order valence-corrected chi connectivity index (χ3v) is 10.9. The maximum atomic E-state index is 11.7. The monoisotopic (exact) mass is 388 g/mol. The number of rotatable bonds is 8. The van der Waals surface area contributed by atoms with Gasteiger partial charge >= 0.3 is 149 Å². The van der Waals surface area contributed by atoms with Crippen LogP contribution in [0.4, 0.5) is 0 Å². The molecule has 0 amide bonds. The molecule has 0 bridgehead atoms. The summed E-state index contributed by atoms with van der Waals surface area (Å²) in [6.45, 7) is -2.28. The van der Waals surface area contributed by atoms with Crippen molar-refractivity contribution >= 4 is 17.4 Å². The van der Waals surface area contributed by atoms with Gasteiger partial charge < -0.3 is 0 Å². The zero-order valence-corrected chi connectivity index (χ0v) is 16.0.